The molecule has 29 heavy (non-hydrogen) atoms. The van der Waals surface area contributed by atoms with Gasteiger partial charge in [-0.1, -0.05) is 0 Å². The van der Waals surface area contributed by atoms with E-state index in [1.165, 1.54) is 18.0 Å². The van der Waals surface area contributed by atoms with Gasteiger partial charge in [-0.25, -0.2) is 8.78 Å². The van der Waals surface area contributed by atoms with E-state index >= 15 is 0 Å². The summed E-state index contributed by atoms with van der Waals surface area (Å²) in [6.07, 6.45) is 1.47. The van der Waals surface area contributed by atoms with Gasteiger partial charge in [-0.15, -0.1) is 5.10 Å². The van der Waals surface area contributed by atoms with Crippen LogP contribution in [0.2, 0.25) is 0 Å². The summed E-state index contributed by atoms with van der Waals surface area (Å²) in [5.74, 6) is -0.819. The van der Waals surface area contributed by atoms with E-state index in [2.05, 4.69) is 54.8 Å². The lowest BCUT2D eigenvalue weighted by Crippen LogP contribution is -2.44. The van der Waals surface area contributed by atoms with E-state index in [9.17, 15) is 8.78 Å². The van der Waals surface area contributed by atoms with Gasteiger partial charge in [0.25, 0.3) is 0 Å². The highest BCUT2D eigenvalue weighted by Crippen LogP contribution is 2.22. The molecule has 0 unspecified atom stereocenters. The van der Waals surface area contributed by atoms with E-state index in [4.69, 9.17) is 0 Å². The number of hydrogen-bond acceptors (Lipinski definition) is 7. The van der Waals surface area contributed by atoms with Gasteiger partial charge in [-0.3, -0.25) is 0 Å². The van der Waals surface area contributed by atoms with Gasteiger partial charge in [-0.2, -0.15) is 10.1 Å². The number of halogens is 2. The smallest absolute Gasteiger partial charge is 0.249 e. The van der Waals surface area contributed by atoms with Gasteiger partial charge < -0.3 is 20.4 Å². The molecule has 0 aliphatic carbocycles. The SMILES string of the molecule is CN1CCN(c2ccc(Nc3cnnc(Nc4ccc(F)cc4F)n3)cc2)CC1. The average Bonchev–Trinajstić information content (AvgIpc) is 2.72. The van der Waals surface area contributed by atoms with Crippen molar-refractivity contribution in [2.45, 2.75) is 0 Å². The summed E-state index contributed by atoms with van der Waals surface area (Å²) in [4.78, 5) is 8.95. The second-order valence-corrected chi connectivity index (χ2v) is 6.88. The van der Waals surface area contributed by atoms with Crippen LogP contribution in [0.3, 0.4) is 0 Å². The molecule has 1 saturated heterocycles. The van der Waals surface area contributed by atoms with Crippen LogP contribution in [0.4, 0.5) is 37.6 Å². The summed E-state index contributed by atoms with van der Waals surface area (Å²) in [6.45, 7) is 4.12. The first kappa shape index (κ1) is 19.0. The molecule has 2 N–H and O–H groups in total. The normalized spacial score (nSPS) is 14.7. The molecule has 7 nitrogen and oxygen atoms in total. The largest absolute Gasteiger partial charge is 0.369 e. The summed E-state index contributed by atoms with van der Waals surface area (Å²) < 4.78 is 26.8. The second kappa shape index (κ2) is 8.36. The van der Waals surface area contributed by atoms with Gasteiger partial charge >= 0.3 is 0 Å². The van der Waals surface area contributed by atoms with E-state index in [1.54, 1.807) is 0 Å². The lowest BCUT2D eigenvalue weighted by Gasteiger charge is -2.34. The van der Waals surface area contributed by atoms with Crippen molar-refractivity contribution in [3.8, 4) is 0 Å². The van der Waals surface area contributed by atoms with E-state index < -0.39 is 11.6 Å². The fourth-order valence-corrected chi connectivity index (χ4v) is 3.10. The molecule has 0 spiro atoms. The predicted molar refractivity (Wildman–Crippen MR) is 109 cm³/mol. The second-order valence-electron chi connectivity index (χ2n) is 6.88. The lowest BCUT2D eigenvalue weighted by molar-refractivity contribution is 0.313. The zero-order chi connectivity index (χ0) is 20.2. The number of nitrogens with zero attached hydrogens (tertiary/aromatic N) is 5. The van der Waals surface area contributed by atoms with Gasteiger partial charge in [0.15, 0.2) is 5.82 Å². The Bertz CT molecular complexity index is 973. The Morgan fingerprint density at radius 2 is 1.69 bits per heavy atom. The van der Waals surface area contributed by atoms with Gasteiger partial charge in [0.05, 0.1) is 11.9 Å². The molecule has 0 bridgehead atoms. The number of anilines is 5. The van der Waals surface area contributed by atoms with E-state index in [-0.39, 0.29) is 11.6 Å². The molecule has 2 aromatic carbocycles. The van der Waals surface area contributed by atoms with E-state index in [0.717, 1.165) is 44.0 Å². The maximum atomic E-state index is 13.8. The summed E-state index contributed by atoms with van der Waals surface area (Å²) in [6, 6.07) is 11.3. The van der Waals surface area contributed by atoms with Crippen molar-refractivity contribution in [1.29, 1.82) is 0 Å². The molecule has 1 aliphatic rings. The standard InChI is InChI=1S/C20H21F2N7/c1-28-8-10-29(11-9-28)16-5-3-15(4-6-16)24-19-13-23-27-20(26-19)25-18-7-2-14(21)12-17(18)22/h2-7,12-13H,8-11H2,1H3,(H2,24,25,26,27). The van der Waals surface area contributed by atoms with Crippen LogP contribution in [-0.4, -0.2) is 53.3 Å². The minimum atomic E-state index is -0.730. The first-order valence-corrected chi connectivity index (χ1v) is 9.29. The summed E-state index contributed by atoms with van der Waals surface area (Å²) in [7, 11) is 2.13. The number of hydrogen-bond donors (Lipinski definition) is 2. The van der Waals surface area contributed by atoms with Gasteiger partial charge in [0.1, 0.15) is 11.6 Å². The Kier molecular flexibility index (Phi) is 5.48. The third kappa shape index (κ3) is 4.75. The number of aromatic nitrogens is 3. The van der Waals surface area contributed by atoms with Crippen LogP contribution in [0, 0.1) is 11.6 Å². The molecule has 3 aromatic rings. The highest BCUT2D eigenvalue weighted by atomic mass is 19.1. The summed E-state index contributed by atoms with van der Waals surface area (Å²) in [5.41, 5.74) is 2.10. The Balaban J connectivity index is 1.42. The maximum Gasteiger partial charge on any atom is 0.249 e. The van der Waals surface area contributed by atoms with Crippen LogP contribution in [0.1, 0.15) is 0 Å². The minimum absolute atomic E-state index is 0.0712. The molecule has 4 rings (SSSR count). The van der Waals surface area contributed by atoms with Crippen molar-refractivity contribution in [2.24, 2.45) is 0 Å². The maximum absolute atomic E-state index is 13.8. The minimum Gasteiger partial charge on any atom is -0.369 e. The van der Waals surface area contributed by atoms with Crippen molar-refractivity contribution in [2.75, 3.05) is 48.8 Å². The van der Waals surface area contributed by atoms with E-state index in [1.807, 2.05) is 12.1 Å². The van der Waals surface area contributed by atoms with Crippen molar-refractivity contribution in [3.63, 3.8) is 0 Å². The third-order valence-corrected chi connectivity index (χ3v) is 4.74. The molecular weight excluding hydrogens is 376 g/mol. The molecule has 1 fully saturated rings. The number of nitrogens with one attached hydrogen (secondary N) is 2. The Labute approximate surface area is 167 Å². The molecule has 9 heteroatoms. The number of likely N-dealkylation sites (N-methyl/N-ethyl adjacent to an activating group) is 1. The van der Waals surface area contributed by atoms with Crippen LogP contribution in [0.15, 0.2) is 48.7 Å². The molecular formula is C20H21F2N7. The number of rotatable bonds is 5. The molecule has 2 heterocycles. The fraction of sp³-hybridized carbons (Fsp3) is 0.250. The molecule has 0 atom stereocenters. The van der Waals surface area contributed by atoms with Crippen LogP contribution < -0.4 is 15.5 Å². The summed E-state index contributed by atoms with van der Waals surface area (Å²) >= 11 is 0. The van der Waals surface area contributed by atoms with Crippen molar-refractivity contribution >= 4 is 28.8 Å². The van der Waals surface area contributed by atoms with Crippen LogP contribution in [0.25, 0.3) is 0 Å². The molecule has 0 amide bonds. The predicted octanol–water partition coefficient (Wildman–Crippen LogP) is 3.39. The molecule has 0 saturated carbocycles. The van der Waals surface area contributed by atoms with Crippen molar-refractivity contribution in [1.82, 2.24) is 20.1 Å². The Morgan fingerprint density at radius 1 is 0.931 bits per heavy atom. The van der Waals surface area contributed by atoms with Gasteiger partial charge in [0.2, 0.25) is 5.95 Å². The number of piperazine rings is 1. The Hall–Kier alpha value is -3.33. The van der Waals surface area contributed by atoms with Gasteiger partial charge in [0, 0.05) is 43.6 Å². The highest BCUT2D eigenvalue weighted by molar-refractivity contribution is 5.62. The monoisotopic (exact) mass is 397 g/mol. The van der Waals surface area contributed by atoms with Crippen molar-refractivity contribution < 1.29 is 8.78 Å². The zero-order valence-electron chi connectivity index (χ0n) is 15.9. The van der Waals surface area contributed by atoms with Gasteiger partial charge in [-0.05, 0) is 43.4 Å². The van der Waals surface area contributed by atoms with Crippen LogP contribution in [-0.2, 0) is 0 Å². The van der Waals surface area contributed by atoms with Crippen LogP contribution in [0.5, 0.6) is 0 Å². The first-order chi connectivity index (χ1) is 14.1. The third-order valence-electron chi connectivity index (χ3n) is 4.74. The van der Waals surface area contributed by atoms with E-state index in [0.29, 0.717) is 5.82 Å². The highest BCUT2D eigenvalue weighted by Gasteiger charge is 2.14. The molecule has 1 aliphatic heterocycles. The first-order valence-electron chi connectivity index (χ1n) is 9.29. The summed E-state index contributed by atoms with van der Waals surface area (Å²) in [5, 5.41) is 13.6. The molecule has 1 aromatic heterocycles. The average molecular weight is 397 g/mol. The molecule has 150 valence electrons. The van der Waals surface area contributed by atoms with Crippen LogP contribution >= 0.6 is 0 Å². The quantitative estimate of drug-likeness (QED) is 0.684. The van der Waals surface area contributed by atoms with Crippen molar-refractivity contribution in [3.05, 3.63) is 60.3 Å². The topological polar surface area (TPSA) is 69.2 Å². The molecule has 0 radical (unpaired) electrons. The Morgan fingerprint density at radius 3 is 2.41 bits per heavy atom. The number of benzene rings is 2. The fourth-order valence-electron chi connectivity index (χ4n) is 3.10. The zero-order valence-corrected chi connectivity index (χ0v) is 15.9. The lowest BCUT2D eigenvalue weighted by atomic mass is 10.2.